The van der Waals surface area contributed by atoms with Crippen molar-refractivity contribution in [3.05, 3.63) is 66.2 Å². The lowest BCUT2D eigenvalue weighted by molar-refractivity contribution is 0.624. The molecule has 2 N–H and O–H groups in total. The SMILES string of the molecule is Fc1cccnc1NCc1ccc(-c2ccn[nH]2)cc1. The van der Waals surface area contributed by atoms with Crippen LogP contribution < -0.4 is 5.32 Å². The molecule has 0 unspecified atom stereocenters. The third-order valence-corrected chi connectivity index (χ3v) is 2.98. The van der Waals surface area contributed by atoms with E-state index in [4.69, 9.17) is 0 Å². The summed E-state index contributed by atoms with van der Waals surface area (Å²) in [6.07, 6.45) is 3.28. The first kappa shape index (κ1) is 12.3. The van der Waals surface area contributed by atoms with Crippen molar-refractivity contribution < 1.29 is 4.39 Å². The highest BCUT2D eigenvalue weighted by Crippen LogP contribution is 2.17. The Morgan fingerprint density at radius 3 is 2.60 bits per heavy atom. The fourth-order valence-corrected chi connectivity index (χ4v) is 1.92. The van der Waals surface area contributed by atoms with Crippen LogP contribution >= 0.6 is 0 Å². The summed E-state index contributed by atoms with van der Waals surface area (Å²) < 4.78 is 13.4. The number of anilines is 1. The number of pyridine rings is 1. The van der Waals surface area contributed by atoms with Crippen LogP contribution in [0.4, 0.5) is 10.2 Å². The van der Waals surface area contributed by atoms with Crippen molar-refractivity contribution in [2.45, 2.75) is 6.54 Å². The van der Waals surface area contributed by atoms with E-state index in [0.717, 1.165) is 16.8 Å². The zero-order chi connectivity index (χ0) is 13.8. The molecule has 0 fully saturated rings. The predicted molar refractivity (Wildman–Crippen MR) is 75.5 cm³/mol. The molecular formula is C15H13FN4. The van der Waals surface area contributed by atoms with Crippen molar-refractivity contribution in [3.63, 3.8) is 0 Å². The Hall–Kier alpha value is -2.69. The van der Waals surface area contributed by atoms with Gasteiger partial charge in [-0.15, -0.1) is 0 Å². The molecule has 20 heavy (non-hydrogen) atoms. The summed E-state index contributed by atoms with van der Waals surface area (Å²) in [6, 6.07) is 12.8. The van der Waals surface area contributed by atoms with Gasteiger partial charge >= 0.3 is 0 Å². The maximum atomic E-state index is 13.4. The van der Waals surface area contributed by atoms with Crippen LogP contribution in [0.15, 0.2) is 54.9 Å². The predicted octanol–water partition coefficient (Wildman–Crippen LogP) is 3.22. The Morgan fingerprint density at radius 2 is 1.90 bits per heavy atom. The summed E-state index contributed by atoms with van der Waals surface area (Å²) >= 11 is 0. The molecule has 3 rings (SSSR count). The minimum absolute atomic E-state index is 0.269. The Balaban J connectivity index is 1.68. The van der Waals surface area contributed by atoms with Gasteiger partial charge < -0.3 is 5.32 Å². The van der Waals surface area contributed by atoms with Crippen molar-refractivity contribution in [2.75, 3.05) is 5.32 Å². The maximum absolute atomic E-state index is 13.4. The largest absolute Gasteiger partial charge is 0.364 e. The zero-order valence-electron chi connectivity index (χ0n) is 10.7. The van der Waals surface area contributed by atoms with Gasteiger partial charge in [-0.1, -0.05) is 24.3 Å². The number of nitrogens with zero attached hydrogens (tertiary/aromatic N) is 2. The number of benzene rings is 1. The second-order valence-electron chi connectivity index (χ2n) is 4.35. The van der Waals surface area contributed by atoms with Crippen LogP contribution in [0.3, 0.4) is 0 Å². The molecule has 0 atom stereocenters. The molecule has 2 aromatic heterocycles. The number of aromatic nitrogens is 3. The van der Waals surface area contributed by atoms with Crippen LogP contribution in [0.1, 0.15) is 5.56 Å². The van der Waals surface area contributed by atoms with E-state index in [0.29, 0.717) is 6.54 Å². The Morgan fingerprint density at radius 1 is 1.05 bits per heavy atom. The number of hydrogen-bond donors (Lipinski definition) is 2. The molecule has 0 aliphatic heterocycles. The van der Waals surface area contributed by atoms with Gasteiger partial charge in [0, 0.05) is 18.9 Å². The third kappa shape index (κ3) is 2.66. The van der Waals surface area contributed by atoms with Crippen LogP contribution in [0.5, 0.6) is 0 Å². The summed E-state index contributed by atoms with van der Waals surface area (Å²) in [6.45, 7) is 0.525. The van der Waals surface area contributed by atoms with Gasteiger partial charge in [0.05, 0.1) is 5.69 Å². The highest BCUT2D eigenvalue weighted by Gasteiger charge is 2.02. The van der Waals surface area contributed by atoms with Crippen molar-refractivity contribution >= 4 is 5.82 Å². The summed E-state index contributed by atoms with van der Waals surface area (Å²) in [7, 11) is 0. The normalized spacial score (nSPS) is 10.4. The van der Waals surface area contributed by atoms with Gasteiger partial charge in [-0.25, -0.2) is 9.37 Å². The van der Waals surface area contributed by atoms with E-state index in [1.807, 2.05) is 30.3 Å². The minimum Gasteiger partial charge on any atom is -0.364 e. The number of halogens is 1. The number of nitrogens with one attached hydrogen (secondary N) is 2. The molecule has 1 aromatic carbocycles. The van der Waals surface area contributed by atoms with Crippen molar-refractivity contribution in [1.29, 1.82) is 0 Å². The molecule has 100 valence electrons. The highest BCUT2D eigenvalue weighted by atomic mass is 19.1. The van der Waals surface area contributed by atoms with Crippen LogP contribution in [-0.4, -0.2) is 15.2 Å². The highest BCUT2D eigenvalue weighted by molar-refractivity contribution is 5.58. The smallest absolute Gasteiger partial charge is 0.165 e. The van der Waals surface area contributed by atoms with Crippen LogP contribution in [0.2, 0.25) is 0 Å². The lowest BCUT2D eigenvalue weighted by Gasteiger charge is -2.07. The number of H-pyrrole nitrogens is 1. The first-order valence-electron chi connectivity index (χ1n) is 6.26. The molecule has 5 heteroatoms. The van der Waals surface area contributed by atoms with Gasteiger partial charge in [-0.3, -0.25) is 5.10 Å². The van der Waals surface area contributed by atoms with Crippen molar-refractivity contribution in [3.8, 4) is 11.3 Å². The second-order valence-corrected chi connectivity index (χ2v) is 4.35. The molecule has 0 aliphatic carbocycles. The fraction of sp³-hybridized carbons (Fsp3) is 0.0667. The molecule has 0 amide bonds. The fourth-order valence-electron chi connectivity index (χ4n) is 1.92. The van der Waals surface area contributed by atoms with E-state index in [2.05, 4.69) is 20.5 Å². The first-order valence-corrected chi connectivity index (χ1v) is 6.26. The van der Waals surface area contributed by atoms with E-state index >= 15 is 0 Å². The Labute approximate surface area is 115 Å². The van der Waals surface area contributed by atoms with E-state index in [-0.39, 0.29) is 11.6 Å². The van der Waals surface area contributed by atoms with Crippen molar-refractivity contribution in [1.82, 2.24) is 15.2 Å². The van der Waals surface area contributed by atoms with Gasteiger partial charge in [0.2, 0.25) is 0 Å². The van der Waals surface area contributed by atoms with Crippen LogP contribution in [0, 0.1) is 5.82 Å². The molecule has 0 saturated carbocycles. The lowest BCUT2D eigenvalue weighted by Crippen LogP contribution is -2.03. The molecule has 0 saturated heterocycles. The topological polar surface area (TPSA) is 53.6 Å². The number of rotatable bonds is 4. The van der Waals surface area contributed by atoms with Gasteiger partial charge in [-0.05, 0) is 29.3 Å². The summed E-state index contributed by atoms with van der Waals surface area (Å²) in [5, 5.41) is 9.81. The number of aromatic amines is 1. The van der Waals surface area contributed by atoms with E-state index in [9.17, 15) is 4.39 Å². The van der Waals surface area contributed by atoms with E-state index in [1.165, 1.54) is 6.07 Å². The van der Waals surface area contributed by atoms with Gasteiger partial charge in [-0.2, -0.15) is 5.10 Å². The van der Waals surface area contributed by atoms with Crippen LogP contribution in [-0.2, 0) is 6.54 Å². The Bertz CT molecular complexity index is 677. The summed E-state index contributed by atoms with van der Waals surface area (Å²) in [5.74, 6) is -0.0771. The monoisotopic (exact) mass is 268 g/mol. The number of hydrogen-bond acceptors (Lipinski definition) is 3. The third-order valence-electron chi connectivity index (χ3n) is 2.98. The van der Waals surface area contributed by atoms with Crippen molar-refractivity contribution in [2.24, 2.45) is 0 Å². The molecular weight excluding hydrogens is 255 g/mol. The summed E-state index contributed by atoms with van der Waals surface area (Å²) in [5.41, 5.74) is 3.09. The maximum Gasteiger partial charge on any atom is 0.165 e. The Kier molecular flexibility index (Phi) is 3.41. The molecule has 0 bridgehead atoms. The van der Waals surface area contributed by atoms with E-state index < -0.39 is 0 Å². The van der Waals surface area contributed by atoms with Gasteiger partial charge in [0.25, 0.3) is 0 Å². The van der Waals surface area contributed by atoms with Gasteiger partial charge in [0.15, 0.2) is 11.6 Å². The molecule has 0 spiro atoms. The quantitative estimate of drug-likeness (QED) is 0.764. The molecule has 4 nitrogen and oxygen atoms in total. The van der Waals surface area contributed by atoms with Gasteiger partial charge in [0.1, 0.15) is 0 Å². The first-order chi connectivity index (χ1) is 9.83. The summed E-state index contributed by atoms with van der Waals surface area (Å²) in [4.78, 5) is 3.95. The standard InChI is InChI=1S/C15H13FN4/c16-13-2-1-8-17-15(13)18-10-11-3-5-12(6-4-11)14-7-9-19-20-14/h1-9H,10H2,(H,17,18)(H,19,20). The van der Waals surface area contributed by atoms with E-state index in [1.54, 1.807) is 18.5 Å². The molecule has 3 aromatic rings. The molecule has 0 aliphatic rings. The lowest BCUT2D eigenvalue weighted by atomic mass is 10.1. The molecule has 0 radical (unpaired) electrons. The van der Waals surface area contributed by atoms with Crippen LogP contribution in [0.25, 0.3) is 11.3 Å². The zero-order valence-corrected chi connectivity index (χ0v) is 10.7. The second kappa shape index (κ2) is 5.52. The average molecular weight is 268 g/mol. The minimum atomic E-state index is -0.346. The molecule has 2 heterocycles. The average Bonchev–Trinajstić information content (AvgIpc) is 3.01.